The van der Waals surface area contributed by atoms with E-state index in [0.717, 1.165) is 13.0 Å². The normalized spacial score (nSPS) is 29.3. The van der Waals surface area contributed by atoms with Crippen LogP contribution in [0.4, 0.5) is 0 Å². The van der Waals surface area contributed by atoms with Crippen LogP contribution in [0.5, 0.6) is 0 Å². The highest BCUT2D eigenvalue weighted by atomic mass is 16.2. The third-order valence-electron chi connectivity index (χ3n) is 3.27. The van der Waals surface area contributed by atoms with E-state index in [9.17, 15) is 4.79 Å². The van der Waals surface area contributed by atoms with Crippen LogP contribution in [0.15, 0.2) is 0 Å². The van der Waals surface area contributed by atoms with Gasteiger partial charge >= 0.3 is 0 Å². The Morgan fingerprint density at radius 2 is 1.93 bits per heavy atom. The van der Waals surface area contributed by atoms with Crippen LogP contribution in [0.3, 0.4) is 0 Å². The lowest BCUT2D eigenvalue weighted by atomic mass is 9.86. The van der Waals surface area contributed by atoms with Gasteiger partial charge in [0.2, 0.25) is 5.91 Å². The molecule has 0 aliphatic carbocycles. The lowest BCUT2D eigenvalue weighted by molar-refractivity contribution is -0.135. The zero-order chi connectivity index (χ0) is 11.8. The Morgan fingerprint density at radius 1 is 1.40 bits per heavy atom. The van der Waals surface area contributed by atoms with Crippen LogP contribution in [0.25, 0.3) is 0 Å². The molecule has 0 spiro atoms. The molecule has 0 bridgehead atoms. The van der Waals surface area contributed by atoms with E-state index in [-0.39, 0.29) is 17.4 Å². The number of amides is 1. The highest BCUT2D eigenvalue weighted by Crippen LogP contribution is 2.26. The molecule has 2 unspecified atom stereocenters. The Morgan fingerprint density at radius 3 is 2.27 bits per heavy atom. The summed E-state index contributed by atoms with van der Waals surface area (Å²) >= 11 is 0. The number of hydrogen-bond donors (Lipinski definition) is 1. The summed E-state index contributed by atoms with van der Waals surface area (Å²) in [7, 11) is 0. The molecule has 0 aromatic heterocycles. The topological polar surface area (TPSA) is 46.3 Å². The summed E-state index contributed by atoms with van der Waals surface area (Å²) in [5, 5.41) is 0. The van der Waals surface area contributed by atoms with Crippen molar-refractivity contribution in [3.63, 3.8) is 0 Å². The predicted octanol–water partition coefficient (Wildman–Crippen LogP) is 1.62. The van der Waals surface area contributed by atoms with Crippen LogP contribution < -0.4 is 5.73 Å². The molecule has 0 aromatic rings. The smallest absolute Gasteiger partial charge is 0.240 e. The highest BCUT2D eigenvalue weighted by molar-refractivity contribution is 5.83. The molecule has 1 rings (SSSR count). The second-order valence-electron chi connectivity index (χ2n) is 6.02. The first-order valence-corrected chi connectivity index (χ1v) is 5.79. The van der Waals surface area contributed by atoms with Gasteiger partial charge in [-0.05, 0) is 24.7 Å². The van der Waals surface area contributed by atoms with Crippen molar-refractivity contribution in [2.24, 2.45) is 17.1 Å². The molecule has 0 aromatic carbocycles. The van der Waals surface area contributed by atoms with Gasteiger partial charge in [0.15, 0.2) is 0 Å². The molecule has 2 N–H and O–H groups in total. The number of likely N-dealkylation sites (tertiary alicyclic amines) is 1. The molecule has 3 nitrogen and oxygen atoms in total. The summed E-state index contributed by atoms with van der Waals surface area (Å²) in [6.07, 6.45) is 1.10. The van der Waals surface area contributed by atoms with Crippen molar-refractivity contribution in [2.45, 2.75) is 53.1 Å². The van der Waals surface area contributed by atoms with Gasteiger partial charge in [-0.3, -0.25) is 4.79 Å². The van der Waals surface area contributed by atoms with Crippen LogP contribution in [-0.2, 0) is 4.79 Å². The van der Waals surface area contributed by atoms with E-state index in [4.69, 9.17) is 5.73 Å². The van der Waals surface area contributed by atoms with Crippen LogP contribution in [0.2, 0.25) is 0 Å². The Hall–Kier alpha value is -0.570. The largest absolute Gasteiger partial charge is 0.338 e. The van der Waals surface area contributed by atoms with Crippen LogP contribution in [-0.4, -0.2) is 29.4 Å². The first-order chi connectivity index (χ1) is 6.73. The van der Waals surface area contributed by atoms with Crippen molar-refractivity contribution in [2.75, 3.05) is 6.54 Å². The number of nitrogens with two attached hydrogens (primary N) is 1. The van der Waals surface area contributed by atoms with E-state index in [0.29, 0.717) is 12.0 Å². The summed E-state index contributed by atoms with van der Waals surface area (Å²) in [6, 6.07) is -0.0360. The average molecular weight is 212 g/mol. The second kappa shape index (κ2) is 4.12. The molecule has 0 radical (unpaired) electrons. The van der Waals surface area contributed by atoms with Gasteiger partial charge in [-0.1, -0.05) is 27.7 Å². The van der Waals surface area contributed by atoms with E-state index in [1.807, 2.05) is 25.7 Å². The molecule has 1 aliphatic heterocycles. The van der Waals surface area contributed by atoms with Gasteiger partial charge < -0.3 is 10.6 Å². The van der Waals surface area contributed by atoms with E-state index >= 15 is 0 Å². The first kappa shape index (κ1) is 12.5. The fourth-order valence-corrected chi connectivity index (χ4v) is 2.16. The standard InChI is InChI=1S/C12H24N2O/c1-8-6-9(2)14(7-8)11(15)10(13)12(3,4)5/h8-10H,6-7,13H2,1-5H3/t8?,9?,10-/m1/s1. The Bertz CT molecular complexity index is 244. The monoisotopic (exact) mass is 212 g/mol. The van der Waals surface area contributed by atoms with Gasteiger partial charge in [0.25, 0.3) is 0 Å². The maximum atomic E-state index is 12.1. The Balaban J connectivity index is 2.69. The molecule has 1 aliphatic rings. The molecule has 88 valence electrons. The van der Waals surface area contributed by atoms with Crippen molar-refractivity contribution < 1.29 is 4.79 Å². The van der Waals surface area contributed by atoms with Crippen molar-refractivity contribution >= 4 is 5.91 Å². The molecule has 3 atom stereocenters. The SMILES string of the molecule is CC1CC(C)N(C(=O)[C@@H](N)C(C)(C)C)C1. The Labute approximate surface area is 93.0 Å². The quantitative estimate of drug-likeness (QED) is 0.718. The lowest BCUT2D eigenvalue weighted by Gasteiger charge is -2.32. The van der Waals surface area contributed by atoms with Crippen molar-refractivity contribution in [3.8, 4) is 0 Å². The van der Waals surface area contributed by atoms with Crippen LogP contribution in [0.1, 0.15) is 41.0 Å². The number of hydrogen-bond acceptors (Lipinski definition) is 2. The van der Waals surface area contributed by atoms with Gasteiger partial charge in [0.1, 0.15) is 0 Å². The number of rotatable bonds is 1. The van der Waals surface area contributed by atoms with E-state index in [2.05, 4.69) is 13.8 Å². The van der Waals surface area contributed by atoms with E-state index in [1.165, 1.54) is 0 Å². The fourth-order valence-electron chi connectivity index (χ4n) is 2.16. The van der Waals surface area contributed by atoms with Gasteiger partial charge in [0, 0.05) is 12.6 Å². The van der Waals surface area contributed by atoms with Gasteiger partial charge in [-0.2, -0.15) is 0 Å². The molecule has 1 fully saturated rings. The molecule has 1 saturated heterocycles. The van der Waals surface area contributed by atoms with E-state index < -0.39 is 0 Å². The number of nitrogens with zero attached hydrogens (tertiary/aromatic N) is 1. The first-order valence-electron chi connectivity index (χ1n) is 5.79. The summed E-state index contributed by atoms with van der Waals surface area (Å²) in [5.41, 5.74) is 5.84. The fraction of sp³-hybridized carbons (Fsp3) is 0.917. The average Bonchev–Trinajstić information content (AvgIpc) is 2.41. The lowest BCUT2D eigenvalue weighted by Crippen LogP contribution is -2.51. The minimum Gasteiger partial charge on any atom is -0.338 e. The predicted molar refractivity (Wildman–Crippen MR) is 62.4 cm³/mol. The van der Waals surface area contributed by atoms with Gasteiger partial charge in [-0.15, -0.1) is 0 Å². The van der Waals surface area contributed by atoms with Crippen molar-refractivity contribution in [3.05, 3.63) is 0 Å². The second-order valence-corrected chi connectivity index (χ2v) is 6.02. The summed E-state index contributed by atoms with van der Waals surface area (Å²) in [6.45, 7) is 11.2. The van der Waals surface area contributed by atoms with Gasteiger partial charge in [0.05, 0.1) is 6.04 Å². The molecule has 1 heterocycles. The summed E-state index contributed by atoms with van der Waals surface area (Å²) in [4.78, 5) is 14.1. The third kappa shape index (κ3) is 2.71. The molecular formula is C12H24N2O. The van der Waals surface area contributed by atoms with Gasteiger partial charge in [-0.25, -0.2) is 0 Å². The minimum atomic E-state index is -0.384. The third-order valence-corrected chi connectivity index (χ3v) is 3.27. The van der Waals surface area contributed by atoms with Crippen molar-refractivity contribution in [1.29, 1.82) is 0 Å². The molecule has 15 heavy (non-hydrogen) atoms. The molecule has 0 saturated carbocycles. The maximum absolute atomic E-state index is 12.1. The Kier molecular flexibility index (Phi) is 3.44. The van der Waals surface area contributed by atoms with Crippen LogP contribution in [0, 0.1) is 11.3 Å². The highest BCUT2D eigenvalue weighted by Gasteiger charge is 2.36. The van der Waals surface area contributed by atoms with E-state index in [1.54, 1.807) is 0 Å². The zero-order valence-electron chi connectivity index (χ0n) is 10.6. The maximum Gasteiger partial charge on any atom is 0.240 e. The zero-order valence-corrected chi connectivity index (χ0v) is 10.6. The number of carbonyl (C=O) groups excluding carboxylic acids is 1. The minimum absolute atomic E-state index is 0.111. The molecule has 1 amide bonds. The molecule has 3 heteroatoms. The van der Waals surface area contributed by atoms with Crippen LogP contribution >= 0.6 is 0 Å². The summed E-state index contributed by atoms with van der Waals surface area (Å²) in [5.74, 6) is 0.718. The number of carbonyl (C=O) groups is 1. The van der Waals surface area contributed by atoms with Crippen molar-refractivity contribution in [1.82, 2.24) is 4.90 Å². The summed E-state index contributed by atoms with van der Waals surface area (Å²) < 4.78 is 0. The molecular weight excluding hydrogens is 188 g/mol.